The Morgan fingerprint density at radius 3 is 2.80 bits per heavy atom. The first-order chi connectivity index (χ1) is 12.2. The zero-order valence-corrected chi connectivity index (χ0v) is 14.5. The van der Waals surface area contributed by atoms with Crippen LogP contribution in [0.25, 0.3) is 5.57 Å². The van der Waals surface area contributed by atoms with Crippen LogP contribution in [0, 0.1) is 5.92 Å². The van der Waals surface area contributed by atoms with Crippen LogP contribution in [0.5, 0.6) is 0 Å². The van der Waals surface area contributed by atoms with Gasteiger partial charge in [0, 0.05) is 6.42 Å². The summed E-state index contributed by atoms with van der Waals surface area (Å²) in [5.74, 6) is -0.0532. The number of hydrogen-bond donors (Lipinski definition) is 0. The minimum atomic E-state index is -0.625. The van der Waals surface area contributed by atoms with Crippen LogP contribution in [0.4, 0.5) is 4.79 Å². The third-order valence-corrected chi connectivity index (χ3v) is 4.77. The molecule has 0 aromatic heterocycles. The maximum Gasteiger partial charge on any atom is 0.508 e. The molecular weight excluding hydrogens is 320 g/mol. The molecule has 3 atom stereocenters. The predicted molar refractivity (Wildman–Crippen MR) is 92.8 cm³/mol. The summed E-state index contributed by atoms with van der Waals surface area (Å²) < 4.78 is 16.2. The average Bonchev–Trinajstić information content (AvgIpc) is 2.63. The highest BCUT2D eigenvalue weighted by Crippen LogP contribution is 2.37. The third kappa shape index (κ3) is 4.21. The number of carbonyl (C=O) groups is 2. The summed E-state index contributed by atoms with van der Waals surface area (Å²) in [6, 6.07) is 9.56. The first kappa shape index (κ1) is 17.5. The van der Waals surface area contributed by atoms with E-state index in [4.69, 9.17) is 14.2 Å². The van der Waals surface area contributed by atoms with Gasteiger partial charge in [-0.15, -0.1) is 0 Å². The van der Waals surface area contributed by atoms with Gasteiger partial charge < -0.3 is 14.2 Å². The standard InChI is InChI=1S/C20H24O5/c1-2-3-11-23-20(22)25-15-9-10-16-18(12-15)24-13-17(19(16)21)14-7-5-4-6-8-14/h4-8,13,15-16,18H,2-3,9-12H2,1H3. The fourth-order valence-corrected chi connectivity index (χ4v) is 3.36. The largest absolute Gasteiger partial charge is 0.508 e. The van der Waals surface area contributed by atoms with Crippen LogP contribution in [-0.4, -0.2) is 30.8 Å². The summed E-state index contributed by atoms with van der Waals surface area (Å²) in [7, 11) is 0. The molecule has 0 N–H and O–H groups in total. The second-order valence-electron chi connectivity index (χ2n) is 6.55. The highest BCUT2D eigenvalue weighted by molar-refractivity contribution is 6.22. The van der Waals surface area contributed by atoms with Crippen molar-refractivity contribution < 1.29 is 23.8 Å². The van der Waals surface area contributed by atoms with Gasteiger partial charge in [0.2, 0.25) is 0 Å². The van der Waals surface area contributed by atoms with Crippen LogP contribution >= 0.6 is 0 Å². The second kappa shape index (κ2) is 8.19. The molecule has 1 aliphatic carbocycles. The molecule has 0 spiro atoms. The zero-order valence-electron chi connectivity index (χ0n) is 14.5. The summed E-state index contributed by atoms with van der Waals surface area (Å²) >= 11 is 0. The maximum atomic E-state index is 12.8. The molecule has 2 aliphatic rings. The summed E-state index contributed by atoms with van der Waals surface area (Å²) in [6.45, 7) is 2.41. The van der Waals surface area contributed by atoms with Crippen molar-refractivity contribution in [1.29, 1.82) is 0 Å². The minimum Gasteiger partial charge on any atom is -0.496 e. The van der Waals surface area contributed by atoms with E-state index in [0.717, 1.165) is 18.4 Å². The number of rotatable bonds is 5. The van der Waals surface area contributed by atoms with Gasteiger partial charge in [-0.05, 0) is 24.8 Å². The van der Waals surface area contributed by atoms with Crippen molar-refractivity contribution in [2.45, 2.75) is 51.2 Å². The molecule has 1 fully saturated rings. The van der Waals surface area contributed by atoms with Crippen molar-refractivity contribution in [2.24, 2.45) is 5.92 Å². The molecule has 0 radical (unpaired) electrons. The van der Waals surface area contributed by atoms with E-state index < -0.39 is 6.16 Å². The highest BCUT2D eigenvalue weighted by Gasteiger charge is 2.41. The quantitative estimate of drug-likeness (QED) is 0.594. The Kier molecular flexibility index (Phi) is 5.74. The van der Waals surface area contributed by atoms with Crippen LogP contribution < -0.4 is 0 Å². The first-order valence-electron chi connectivity index (χ1n) is 8.97. The molecule has 0 saturated heterocycles. The zero-order chi connectivity index (χ0) is 17.6. The number of benzene rings is 1. The molecule has 0 bridgehead atoms. The van der Waals surface area contributed by atoms with Crippen molar-refractivity contribution in [3.05, 3.63) is 42.2 Å². The molecule has 25 heavy (non-hydrogen) atoms. The average molecular weight is 344 g/mol. The molecule has 3 rings (SSSR count). The van der Waals surface area contributed by atoms with Crippen molar-refractivity contribution in [1.82, 2.24) is 0 Å². The lowest BCUT2D eigenvalue weighted by Gasteiger charge is -2.37. The third-order valence-electron chi connectivity index (χ3n) is 4.77. The van der Waals surface area contributed by atoms with E-state index in [1.54, 1.807) is 6.26 Å². The lowest BCUT2D eigenvalue weighted by molar-refractivity contribution is -0.127. The molecule has 1 heterocycles. The summed E-state index contributed by atoms with van der Waals surface area (Å²) in [5, 5.41) is 0. The van der Waals surface area contributed by atoms with Crippen LogP contribution in [0.3, 0.4) is 0 Å². The minimum absolute atomic E-state index is 0.117. The number of unbranched alkanes of at least 4 members (excludes halogenated alkanes) is 1. The number of fused-ring (bicyclic) bond motifs is 1. The SMILES string of the molecule is CCCCOC(=O)OC1CCC2C(=O)C(c3ccccc3)=COC2C1. The van der Waals surface area contributed by atoms with Crippen LogP contribution in [0.15, 0.2) is 36.6 Å². The summed E-state index contributed by atoms with van der Waals surface area (Å²) in [6.07, 6.45) is 4.07. The summed E-state index contributed by atoms with van der Waals surface area (Å²) in [5.41, 5.74) is 1.50. The Morgan fingerprint density at radius 1 is 1.24 bits per heavy atom. The fraction of sp³-hybridized carbons (Fsp3) is 0.500. The van der Waals surface area contributed by atoms with E-state index in [0.29, 0.717) is 31.4 Å². The smallest absolute Gasteiger partial charge is 0.496 e. The van der Waals surface area contributed by atoms with Gasteiger partial charge in [0.1, 0.15) is 12.2 Å². The maximum absolute atomic E-state index is 12.8. The van der Waals surface area contributed by atoms with Crippen LogP contribution in [0.1, 0.15) is 44.6 Å². The first-order valence-corrected chi connectivity index (χ1v) is 8.97. The van der Waals surface area contributed by atoms with Gasteiger partial charge in [-0.25, -0.2) is 4.79 Å². The van der Waals surface area contributed by atoms with Gasteiger partial charge in [-0.1, -0.05) is 43.7 Å². The van der Waals surface area contributed by atoms with Crippen LogP contribution in [0.2, 0.25) is 0 Å². The van der Waals surface area contributed by atoms with E-state index in [-0.39, 0.29) is 23.9 Å². The van der Waals surface area contributed by atoms with Gasteiger partial charge in [0.05, 0.1) is 24.4 Å². The van der Waals surface area contributed by atoms with E-state index in [9.17, 15) is 9.59 Å². The molecule has 5 nitrogen and oxygen atoms in total. The lowest BCUT2D eigenvalue weighted by Crippen LogP contribution is -2.42. The number of carbonyl (C=O) groups excluding carboxylic acids is 2. The topological polar surface area (TPSA) is 61.8 Å². The molecule has 1 aliphatic heterocycles. The van der Waals surface area contributed by atoms with E-state index >= 15 is 0 Å². The Hall–Kier alpha value is -2.30. The van der Waals surface area contributed by atoms with Crippen molar-refractivity contribution in [3.8, 4) is 0 Å². The van der Waals surface area contributed by atoms with Crippen molar-refractivity contribution >= 4 is 17.5 Å². The number of hydrogen-bond acceptors (Lipinski definition) is 5. The van der Waals surface area contributed by atoms with Gasteiger partial charge >= 0.3 is 6.16 Å². The normalized spacial score (nSPS) is 25.4. The molecule has 0 amide bonds. The predicted octanol–water partition coefficient (Wildman–Crippen LogP) is 4.12. The second-order valence-corrected chi connectivity index (χ2v) is 6.55. The number of ketones is 1. The lowest BCUT2D eigenvalue weighted by atomic mass is 9.78. The van der Waals surface area contributed by atoms with Gasteiger partial charge in [0.15, 0.2) is 5.78 Å². The Morgan fingerprint density at radius 2 is 2.04 bits per heavy atom. The molecule has 134 valence electrons. The molecular formula is C20H24O5. The van der Waals surface area contributed by atoms with E-state index in [2.05, 4.69) is 0 Å². The van der Waals surface area contributed by atoms with Crippen molar-refractivity contribution in [3.63, 3.8) is 0 Å². The molecule has 3 unspecified atom stereocenters. The molecule has 5 heteroatoms. The van der Waals surface area contributed by atoms with E-state index in [1.165, 1.54) is 0 Å². The number of ether oxygens (including phenoxy) is 3. The van der Waals surface area contributed by atoms with Gasteiger partial charge in [-0.2, -0.15) is 0 Å². The van der Waals surface area contributed by atoms with Crippen molar-refractivity contribution in [2.75, 3.05) is 6.61 Å². The monoisotopic (exact) mass is 344 g/mol. The summed E-state index contributed by atoms with van der Waals surface area (Å²) in [4.78, 5) is 24.5. The Bertz CT molecular complexity index is 637. The van der Waals surface area contributed by atoms with Gasteiger partial charge in [0.25, 0.3) is 0 Å². The Labute approximate surface area is 148 Å². The van der Waals surface area contributed by atoms with E-state index in [1.807, 2.05) is 37.3 Å². The Balaban J connectivity index is 1.58. The molecule has 1 aromatic rings. The van der Waals surface area contributed by atoms with Gasteiger partial charge in [-0.3, -0.25) is 4.79 Å². The fourth-order valence-electron chi connectivity index (χ4n) is 3.36. The van der Waals surface area contributed by atoms with Crippen LogP contribution in [-0.2, 0) is 19.0 Å². The number of Topliss-reactive ketones (excluding diaryl/α,β-unsaturated/α-hetero) is 1. The molecule has 1 saturated carbocycles. The number of allylic oxidation sites excluding steroid dienone is 1. The highest BCUT2D eigenvalue weighted by atomic mass is 16.7. The molecule has 1 aromatic carbocycles.